The van der Waals surface area contributed by atoms with Crippen molar-refractivity contribution in [3.63, 3.8) is 0 Å². The molecule has 0 radical (unpaired) electrons. The number of aryl methyl sites for hydroxylation is 1. The second kappa shape index (κ2) is 6.76. The van der Waals surface area contributed by atoms with Gasteiger partial charge >= 0.3 is 0 Å². The minimum atomic E-state index is 0.154. The van der Waals surface area contributed by atoms with Crippen LogP contribution in [0.1, 0.15) is 62.2 Å². The summed E-state index contributed by atoms with van der Waals surface area (Å²) in [5, 5.41) is 4.99. The Morgan fingerprint density at radius 2 is 1.95 bits per heavy atom. The van der Waals surface area contributed by atoms with Crippen LogP contribution in [-0.4, -0.2) is 36.6 Å². The van der Waals surface area contributed by atoms with E-state index in [9.17, 15) is 0 Å². The monoisotopic (exact) mass is 309 g/mol. The number of nitrogens with zero attached hydrogens (tertiary/aromatic N) is 2. The first-order valence-corrected chi connectivity index (χ1v) is 8.98. The highest BCUT2D eigenvalue weighted by Crippen LogP contribution is 2.32. The number of aromatic nitrogens is 1. The van der Waals surface area contributed by atoms with E-state index >= 15 is 0 Å². The van der Waals surface area contributed by atoms with E-state index in [2.05, 4.69) is 51.9 Å². The van der Waals surface area contributed by atoms with Crippen LogP contribution in [0.2, 0.25) is 0 Å². The second-order valence-corrected chi connectivity index (χ2v) is 8.63. The molecule has 120 valence electrons. The number of piperidine rings is 1. The van der Waals surface area contributed by atoms with Crippen molar-refractivity contribution in [1.82, 2.24) is 15.2 Å². The van der Waals surface area contributed by atoms with Gasteiger partial charge in [-0.25, -0.2) is 4.98 Å². The van der Waals surface area contributed by atoms with Gasteiger partial charge in [0.25, 0.3) is 0 Å². The van der Waals surface area contributed by atoms with E-state index in [1.807, 2.05) is 11.3 Å². The van der Waals surface area contributed by atoms with E-state index in [0.717, 1.165) is 12.5 Å². The molecule has 0 aromatic carbocycles. The molecule has 1 aliphatic rings. The molecule has 0 aliphatic carbocycles. The van der Waals surface area contributed by atoms with Gasteiger partial charge in [0.15, 0.2) is 0 Å². The molecule has 0 bridgehead atoms. The van der Waals surface area contributed by atoms with Gasteiger partial charge in [0.1, 0.15) is 0 Å². The first-order valence-electron chi connectivity index (χ1n) is 8.17. The fraction of sp³-hybridized carbons (Fsp3) is 0.824. The Bertz CT molecular complexity index is 453. The fourth-order valence-corrected chi connectivity index (χ4v) is 3.98. The van der Waals surface area contributed by atoms with Crippen LogP contribution < -0.4 is 5.32 Å². The molecular formula is C17H31N3S. The van der Waals surface area contributed by atoms with E-state index in [-0.39, 0.29) is 5.41 Å². The van der Waals surface area contributed by atoms with Crippen LogP contribution in [0.25, 0.3) is 0 Å². The number of hydrogen-bond acceptors (Lipinski definition) is 4. The van der Waals surface area contributed by atoms with E-state index < -0.39 is 0 Å². The summed E-state index contributed by atoms with van der Waals surface area (Å²) in [6, 6.07) is 0.415. The van der Waals surface area contributed by atoms with Crippen molar-refractivity contribution in [1.29, 1.82) is 0 Å². The summed E-state index contributed by atoms with van der Waals surface area (Å²) in [7, 11) is 2.22. The summed E-state index contributed by atoms with van der Waals surface area (Å²) in [6.45, 7) is 14.8. The van der Waals surface area contributed by atoms with Gasteiger partial charge in [-0.3, -0.25) is 0 Å². The minimum absolute atomic E-state index is 0.154. The Morgan fingerprint density at radius 3 is 2.48 bits per heavy atom. The number of rotatable bonds is 4. The molecule has 21 heavy (non-hydrogen) atoms. The lowest BCUT2D eigenvalue weighted by Crippen LogP contribution is -2.35. The Kier molecular flexibility index (Phi) is 5.44. The number of thiazole rings is 1. The summed E-state index contributed by atoms with van der Waals surface area (Å²) < 4.78 is 0. The summed E-state index contributed by atoms with van der Waals surface area (Å²) in [6.07, 6.45) is 2.65. The van der Waals surface area contributed by atoms with Crippen molar-refractivity contribution in [2.45, 2.75) is 58.9 Å². The van der Waals surface area contributed by atoms with Crippen LogP contribution in [-0.2, 0) is 5.41 Å². The molecule has 2 heterocycles. The van der Waals surface area contributed by atoms with Gasteiger partial charge < -0.3 is 10.2 Å². The van der Waals surface area contributed by atoms with Gasteiger partial charge in [0.2, 0.25) is 0 Å². The summed E-state index contributed by atoms with van der Waals surface area (Å²) in [4.78, 5) is 8.62. The van der Waals surface area contributed by atoms with Gasteiger partial charge in [-0.05, 0) is 59.3 Å². The van der Waals surface area contributed by atoms with Crippen molar-refractivity contribution in [2.24, 2.45) is 5.92 Å². The van der Waals surface area contributed by atoms with Crippen LogP contribution in [0.15, 0.2) is 0 Å². The molecule has 1 aliphatic heterocycles. The van der Waals surface area contributed by atoms with Gasteiger partial charge in [0, 0.05) is 16.3 Å². The van der Waals surface area contributed by atoms with E-state index in [4.69, 9.17) is 4.98 Å². The third-order valence-corrected chi connectivity index (χ3v) is 6.18. The molecule has 1 aromatic rings. The van der Waals surface area contributed by atoms with Crippen molar-refractivity contribution >= 4 is 11.3 Å². The highest BCUT2D eigenvalue weighted by molar-refractivity contribution is 7.12. The zero-order chi connectivity index (χ0) is 15.6. The van der Waals surface area contributed by atoms with Gasteiger partial charge in [-0.1, -0.05) is 20.8 Å². The number of likely N-dealkylation sites (tertiary alicyclic amines) is 1. The molecule has 1 aromatic heterocycles. The highest BCUT2D eigenvalue weighted by atomic mass is 32.1. The van der Waals surface area contributed by atoms with E-state index in [1.165, 1.54) is 41.5 Å². The predicted octanol–water partition coefficient (Wildman–Crippen LogP) is 3.74. The Labute approximate surface area is 134 Å². The zero-order valence-electron chi connectivity index (χ0n) is 14.5. The van der Waals surface area contributed by atoms with Crippen molar-refractivity contribution in [3.05, 3.63) is 15.6 Å². The topological polar surface area (TPSA) is 28.2 Å². The first kappa shape index (κ1) is 16.9. The van der Waals surface area contributed by atoms with Crippen molar-refractivity contribution in [3.8, 4) is 0 Å². The first-order chi connectivity index (χ1) is 9.77. The maximum atomic E-state index is 4.78. The largest absolute Gasteiger partial charge is 0.309 e. The second-order valence-electron chi connectivity index (χ2n) is 7.60. The third-order valence-electron chi connectivity index (χ3n) is 4.42. The molecule has 0 amide bonds. The molecular weight excluding hydrogens is 278 g/mol. The van der Waals surface area contributed by atoms with Crippen LogP contribution >= 0.6 is 11.3 Å². The molecule has 1 atom stereocenters. The standard InChI is InChI=1S/C17H31N3S/c1-12(18-11-14-7-9-20(6)10-8-14)15-13(2)19-16(21-15)17(3,4)5/h12,14,18H,7-11H2,1-6H3. The fourth-order valence-electron chi connectivity index (χ4n) is 2.83. The Hall–Kier alpha value is -0.450. The van der Waals surface area contributed by atoms with Crippen LogP contribution in [0.3, 0.4) is 0 Å². The minimum Gasteiger partial charge on any atom is -0.309 e. The summed E-state index contributed by atoms with van der Waals surface area (Å²) in [5.74, 6) is 0.832. The SMILES string of the molecule is Cc1nc(C(C)(C)C)sc1C(C)NCC1CCN(C)CC1. The molecule has 1 saturated heterocycles. The lowest BCUT2D eigenvalue weighted by molar-refractivity contribution is 0.213. The third kappa shape index (κ3) is 4.51. The normalized spacial score (nSPS) is 19.9. The van der Waals surface area contributed by atoms with Crippen LogP contribution in [0.5, 0.6) is 0 Å². The van der Waals surface area contributed by atoms with Gasteiger partial charge in [-0.2, -0.15) is 0 Å². The molecule has 1 unspecified atom stereocenters. The van der Waals surface area contributed by atoms with Gasteiger partial charge in [0.05, 0.1) is 10.7 Å². The highest BCUT2D eigenvalue weighted by Gasteiger charge is 2.23. The van der Waals surface area contributed by atoms with Crippen LogP contribution in [0.4, 0.5) is 0 Å². The predicted molar refractivity (Wildman–Crippen MR) is 92.2 cm³/mol. The van der Waals surface area contributed by atoms with Gasteiger partial charge in [-0.15, -0.1) is 11.3 Å². The molecule has 0 saturated carbocycles. The van der Waals surface area contributed by atoms with Crippen molar-refractivity contribution in [2.75, 3.05) is 26.7 Å². The molecule has 0 spiro atoms. The quantitative estimate of drug-likeness (QED) is 0.918. The molecule has 1 fully saturated rings. The Morgan fingerprint density at radius 1 is 1.33 bits per heavy atom. The summed E-state index contributed by atoms with van der Waals surface area (Å²) >= 11 is 1.88. The maximum Gasteiger partial charge on any atom is 0.0985 e. The van der Waals surface area contributed by atoms with E-state index in [0.29, 0.717) is 6.04 Å². The maximum absolute atomic E-state index is 4.78. The molecule has 1 N–H and O–H groups in total. The smallest absolute Gasteiger partial charge is 0.0985 e. The van der Waals surface area contributed by atoms with E-state index in [1.54, 1.807) is 0 Å². The molecule has 2 rings (SSSR count). The average molecular weight is 310 g/mol. The zero-order valence-corrected chi connectivity index (χ0v) is 15.3. The van der Waals surface area contributed by atoms with Crippen LogP contribution in [0, 0.1) is 12.8 Å². The summed E-state index contributed by atoms with van der Waals surface area (Å²) in [5.41, 5.74) is 1.36. The lowest BCUT2D eigenvalue weighted by atomic mass is 9.97. The molecule has 4 heteroatoms. The Balaban J connectivity index is 1.91. The lowest BCUT2D eigenvalue weighted by Gasteiger charge is -2.29. The number of nitrogens with one attached hydrogen (secondary N) is 1. The molecule has 3 nitrogen and oxygen atoms in total. The number of hydrogen-bond donors (Lipinski definition) is 1. The van der Waals surface area contributed by atoms with Crippen molar-refractivity contribution < 1.29 is 0 Å². The average Bonchev–Trinajstić information content (AvgIpc) is 2.80.